The molecule has 4 aromatic heterocycles. The molecule has 0 amide bonds. The first kappa shape index (κ1) is 59.3. The Hall–Kier alpha value is -10.4. The molecule has 14 aromatic carbocycles. The van der Waals surface area contributed by atoms with E-state index in [4.69, 9.17) is 0 Å². The predicted octanol–water partition coefficient (Wildman–Crippen LogP) is 29.0. The fourth-order valence-corrected chi connectivity index (χ4v) is 23.8. The SMILES string of the molecule is CC1(C)c2cc(-c3cccc4c3sc3ccccc34)ccc2N2c3ccc(-c4cccc5c4sc4ccccc45)cc3C(C)(C)c3cc(-c4cc5c6c(c4)C(C)(C)c4cc(-c7cccc8c7sc7ccccc78)ccc4N6c4ccc(-c6cccc7c6sc6ccccc67)cc4C5(C)C)cc1c32. The highest BCUT2D eigenvalue weighted by Gasteiger charge is 2.49. The second-order valence-corrected chi connectivity index (χ2v) is 35.3. The molecule has 0 spiro atoms. The molecule has 0 fully saturated rings. The van der Waals surface area contributed by atoms with Gasteiger partial charge in [0.05, 0.1) is 34.1 Å². The van der Waals surface area contributed by atoms with E-state index in [0.717, 1.165) is 0 Å². The Bertz CT molecular complexity index is 5990. The molecule has 0 unspecified atom stereocenters. The van der Waals surface area contributed by atoms with Crippen LogP contribution in [0.5, 0.6) is 0 Å². The van der Waals surface area contributed by atoms with Gasteiger partial charge in [0, 0.05) is 102 Å². The van der Waals surface area contributed by atoms with Crippen molar-refractivity contribution in [3.05, 3.63) is 311 Å². The van der Waals surface area contributed by atoms with Gasteiger partial charge in [-0.2, -0.15) is 0 Å². The third-order valence-electron chi connectivity index (χ3n) is 24.2. The number of nitrogens with zero attached hydrogens (tertiary/aromatic N) is 2. The van der Waals surface area contributed by atoms with E-state index in [-0.39, 0.29) is 0 Å². The average molecular weight is 1380 g/mol. The molecule has 18 aromatic rings. The molecule has 6 heteroatoms. The predicted molar refractivity (Wildman–Crippen MR) is 443 cm³/mol. The highest BCUT2D eigenvalue weighted by atomic mass is 32.1. The molecule has 8 heterocycles. The number of thiophene rings is 4. The summed E-state index contributed by atoms with van der Waals surface area (Å²) in [4.78, 5) is 5.34. The molecule has 0 saturated carbocycles. The van der Waals surface area contributed by atoms with Gasteiger partial charge in [-0.1, -0.05) is 225 Å². The van der Waals surface area contributed by atoms with Gasteiger partial charge < -0.3 is 9.80 Å². The quantitative estimate of drug-likeness (QED) is 0.169. The maximum atomic E-state index is 2.67. The Balaban J connectivity index is 0.781. The topological polar surface area (TPSA) is 6.48 Å². The summed E-state index contributed by atoms with van der Waals surface area (Å²) in [7, 11) is 0. The first-order chi connectivity index (χ1) is 49.6. The van der Waals surface area contributed by atoms with E-state index in [0.29, 0.717) is 0 Å². The lowest BCUT2D eigenvalue weighted by molar-refractivity contribution is 0.596. The van der Waals surface area contributed by atoms with Crippen LogP contribution < -0.4 is 9.80 Å². The summed E-state index contributed by atoms with van der Waals surface area (Å²) in [6.07, 6.45) is 0. The summed E-state index contributed by atoms with van der Waals surface area (Å²) < 4.78 is 10.6. The number of rotatable bonds is 5. The Morgan fingerprint density at radius 3 is 0.667 bits per heavy atom. The smallest absolute Gasteiger partial charge is 0.0544 e. The van der Waals surface area contributed by atoms with Crippen LogP contribution in [0.2, 0.25) is 0 Å². The van der Waals surface area contributed by atoms with E-state index < -0.39 is 21.7 Å². The van der Waals surface area contributed by atoms with Crippen LogP contribution in [-0.2, 0) is 21.7 Å². The summed E-state index contributed by atoms with van der Waals surface area (Å²) >= 11 is 7.66. The van der Waals surface area contributed by atoms with Crippen molar-refractivity contribution in [2.75, 3.05) is 9.80 Å². The normalized spacial score (nSPS) is 15.5. The zero-order valence-corrected chi connectivity index (χ0v) is 61.2. The van der Waals surface area contributed by atoms with Gasteiger partial charge >= 0.3 is 0 Å². The molecule has 4 aliphatic rings. The molecule has 4 aliphatic heterocycles. The van der Waals surface area contributed by atoms with Crippen LogP contribution >= 0.6 is 45.3 Å². The molecular formula is C96H68N2S4. The molecular weight excluding hydrogens is 1310 g/mol. The standard InChI is InChI=1S/C96H68N2S4/c1-93(2)71-45-53(59-25-17-29-67-63-21-9-13-33-83(63)99-89(59)67)37-41-79(71)97-80-42-38-54(60-26-18-30-68-64-22-10-14-34-84(64)100-90(60)68)46-72(80)94(3,4)76-50-57(49-75(93)87(76)97)58-51-77-88-78(52-58)96(7,8)74-48-56(62-28-20-32-70-66-24-12-16-36-86(66)102-92(62)70)40-44-82(74)98(88)81-43-39-55(47-73(81)95(77,5)6)61-27-19-31-69-65-23-11-15-35-85(65)101-91(61)69/h9-52H,1-8H3. The van der Waals surface area contributed by atoms with Gasteiger partial charge in [-0.25, -0.2) is 0 Å². The summed E-state index contributed by atoms with van der Waals surface area (Å²) in [6, 6.07) is 103. The number of benzene rings is 14. The van der Waals surface area contributed by atoms with Gasteiger partial charge in [-0.15, -0.1) is 45.3 Å². The number of hydrogen-bond acceptors (Lipinski definition) is 6. The van der Waals surface area contributed by atoms with Crippen molar-refractivity contribution in [1.29, 1.82) is 0 Å². The third kappa shape index (κ3) is 7.93. The van der Waals surface area contributed by atoms with E-state index in [9.17, 15) is 0 Å². The van der Waals surface area contributed by atoms with E-state index in [1.165, 1.54) is 215 Å². The first-order valence-corrected chi connectivity index (χ1v) is 39.0. The minimum absolute atomic E-state index is 0.419. The van der Waals surface area contributed by atoms with Gasteiger partial charge in [0.25, 0.3) is 0 Å². The van der Waals surface area contributed by atoms with Gasteiger partial charge in [-0.05, 0) is 197 Å². The molecule has 0 radical (unpaired) electrons. The molecule has 0 N–H and O–H groups in total. The zero-order valence-electron chi connectivity index (χ0n) is 57.9. The van der Waals surface area contributed by atoms with Crippen LogP contribution in [0.3, 0.4) is 0 Å². The largest absolute Gasteiger partial charge is 0.309 e. The monoisotopic (exact) mass is 1380 g/mol. The Morgan fingerprint density at radius 2 is 0.422 bits per heavy atom. The lowest BCUT2D eigenvalue weighted by Crippen LogP contribution is -2.38. The van der Waals surface area contributed by atoms with Crippen LogP contribution in [0.25, 0.3) is 136 Å². The number of anilines is 6. The minimum atomic E-state index is -0.419. The van der Waals surface area contributed by atoms with Crippen LogP contribution in [0.1, 0.15) is 99.9 Å². The van der Waals surface area contributed by atoms with Crippen molar-refractivity contribution in [2.24, 2.45) is 0 Å². The maximum Gasteiger partial charge on any atom is 0.0544 e. The minimum Gasteiger partial charge on any atom is -0.309 e. The molecule has 102 heavy (non-hydrogen) atoms. The summed E-state index contributed by atoms with van der Waals surface area (Å²) in [5, 5.41) is 10.6. The van der Waals surface area contributed by atoms with Crippen molar-refractivity contribution < 1.29 is 0 Å². The molecule has 2 nitrogen and oxygen atoms in total. The Morgan fingerprint density at radius 1 is 0.206 bits per heavy atom. The molecule has 0 saturated heterocycles. The van der Waals surface area contributed by atoms with Gasteiger partial charge in [0.2, 0.25) is 0 Å². The molecule has 22 rings (SSSR count). The van der Waals surface area contributed by atoms with Crippen molar-refractivity contribution in [3.8, 4) is 55.6 Å². The van der Waals surface area contributed by atoms with E-state index in [1.807, 2.05) is 45.3 Å². The van der Waals surface area contributed by atoms with Gasteiger partial charge in [0.15, 0.2) is 0 Å². The second-order valence-electron chi connectivity index (χ2n) is 31.1. The lowest BCUT2D eigenvalue weighted by Gasteiger charge is -2.50. The zero-order chi connectivity index (χ0) is 68.2. The first-order valence-electron chi connectivity index (χ1n) is 35.8. The summed E-state index contributed by atoms with van der Waals surface area (Å²) in [6.45, 7) is 20.0. The van der Waals surface area contributed by atoms with E-state index in [2.05, 4.69) is 332 Å². The average Bonchev–Trinajstić information content (AvgIpc) is 1.02. The van der Waals surface area contributed by atoms with Crippen molar-refractivity contribution >= 4 is 160 Å². The van der Waals surface area contributed by atoms with Gasteiger partial charge in [-0.3, -0.25) is 0 Å². The van der Waals surface area contributed by atoms with Crippen LogP contribution in [-0.4, -0.2) is 0 Å². The summed E-state index contributed by atoms with van der Waals surface area (Å²) in [5.74, 6) is 0. The van der Waals surface area contributed by atoms with Crippen molar-refractivity contribution in [2.45, 2.75) is 77.0 Å². The molecule has 0 atom stereocenters. The Labute approximate surface area is 609 Å². The fourth-order valence-electron chi connectivity index (χ4n) is 18.8. The van der Waals surface area contributed by atoms with E-state index in [1.54, 1.807) is 0 Å². The van der Waals surface area contributed by atoms with Crippen LogP contribution in [0, 0.1) is 0 Å². The van der Waals surface area contributed by atoms with Crippen LogP contribution in [0.4, 0.5) is 34.1 Å². The highest BCUT2D eigenvalue weighted by Crippen LogP contribution is 2.65. The highest BCUT2D eigenvalue weighted by molar-refractivity contribution is 7.27. The number of hydrogen-bond donors (Lipinski definition) is 0. The molecule has 0 bridgehead atoms. The number of fused-ring (bicyclic) bond motifs is 20. The van der Waals surface area contributed by atoms with Crippen LogP contribution in [0.15, 0.2) is 267 Å². The molecule has 0 aliphatic carbocycles. The van der Waals surface area contributed by atoms with Crippen molar-refractivity contribution in [3.63, 3.8) is 0 Å². The van der Waals surface area contributed by atoms with Crippen molar-refractivity contribution in [1.82, 2.24) is 0 Å². The maximum absolute atomic E-state index is 2.67. The third-order valence-corrected chi connectivity index (χ3v) is 29.1. The lowest BCUT2D eigenvalue weighted by atomic mass is 9.64. The van der Waals surface area contributed by atoms with Gasteiger partial charge in [0.1, 0.15) is 0 Å². The fraction of sp³-hybridized carbons (Fsp3) is 0.125. The Kier molecular flexibility index (Phi) is 12.0. The summed E-state index contributed by atoms with van der Waals surface area (Å²) in [5.41, 5.74) is 29.3. The van der Waals surface area contributed by atoms with E-state index >= 15 is 0 Å². The molecule has 486 valence electrons. The second kappa shape index (κ2) is 20.6.